The van der Waals surface area contributed by atoms with Crippen molar-refractivity contribution in [2.75, 3.05) is 6.54 Å². The number of benzene rings is 1. The van der Waals surface area contributed by atoms with Crippen LogP contribution in [0.25, 0.3) is 0 Å². The number of rotatable bonds is 5. The van der Waals surface area contributed by atoms with Gasteiger partial charge >= 0.3 is 0 Å². The third-order valence-electron chi connectivity index (χ3n) is 2.51. The highest BCUT2D eigenvalue weighted by atomic mass is 32.1. The number of phenols is 1. The molecule has 0 radical (unpaired) electrons. The molecular formula is C13H14FNOS. The van der Waals surface area contributed by atoms with Crippen LogP contribution in [0.4, 0.5) is 4.39 Å². The van der Waals surface area contributed by atoms with Crippen LogP contribution in [0.5, 0.6) is 5.75 Å². The molecular weight excluding hydrogens is 237 g/mol. The van der Waals surface area contributed by atoms with Crippen LogP contribution in [0.3, 0.4) is 0 Å². The third-order valence-corrected chi connectivity index (χ3v) is 3.24. The maximum Gasteiger partial charge on any atom is 0.165 e. The minimum absolute atomic E-state index is 0.299. The summed E-state index contributed by atoms with van der Waals surface area (Å²) in [7, 11) is 0. The molecule has 0 aliphatic rings. The summed E-state index contributed by atoms with van der Waals surface area (Å²) in [5.41, 5.74) is 2.16. The van der Waals surface area contributed by atoms with Crippen LogP contribution in [0.2, 0.25) is 0 Å². The van der Waals surface area contributed by atoms with Gasteiger partial charge in [0.05, 0.1) is 0 Å². The molecule has 0 fully saturated rings. The van der Waals surface area contributed by atoms with E-state index in [1.54, 1.807) is 17.4 Å². The fourth-order valence-electron chi connectivity index (χ4n) is 1.56. The third kappa shape index (κ3) is 3.54. The second-order valence-electron chi connectivity index (χ2n) is 3.84. The molecule has 0 saturated heterocycles. The van der Waals surface area contributed by atoms with Gasteiger partial charge < -0.3 is 10.4 Å². The van der Waals surface area contributed by atoms with Gasteiger partial charge in [-0.25, -0.2) is 4.39 Å². The first-order valence-electron chi connectivity index (χ1n) is 5.45. The van der Waals surface area contributed by atoms with Crippen molar-refractivity contribution >= 4 is 11.3 Å². The lowest BCUT2D eigenvalue weighted by molar-refractivity contribution is 0.431. The topological polar surface area (TPSA) is 32.3 Å². The van der Waals surface area contributed by atoms with Crippen molar-refractivity contribution in [2.45, 2.75) is 13.0 Å². The van der Waals surface area contributed by atoms with Crippen molar-refractivity contribution in [3.63, 3.8) is 0 Å². The molecule has 1 heterocycles. The summed E-state index contributed by atoms with van der Waals surface area (Å²) in [6.45, 7) is 1.47. The summed E-state index contributed by atoms with van der Waals surface area (Å²) in [6, 6.07) is 6.56. The lowest BCUT2D eigenvalue weighted by atomic mass is 10.2. The molecule has 2 aromatic rings. The second-order valence-corrected chi connectivity index (χ2v) is 4.62. The van der Waals surface area contributed by atoms with Gasteiger partial charge in [0, 0.05) is 6.54 Å². The molecule has 2 nitrogen and oxygen atoms in total. The van der Waals surface area contributed by atoms with Gasteiger partial charge in [0.2, 0.25) is 0 Å². The van der Waals surface area contributed by atoms with Gasteiger partial charge in [0.25, 0.3) is 0 Å². The molecule has 2 N–H and O–H groups in total. The molecule has 1 aromatic carbocycles. The summed E-state index contributed by atoms with van der Waals surface area (Å²) >= 11 is 1.69. The van der Waals surface area contributed by atoms with E-state index in [2.05, 4.69) is 22.1 Å². The number of aromatic hydroxyl groups is 1. The summed E-state index contributed by atoms with van der Waals surface area (Å²) in [5.74, 6) is -0.867. The van der Waals surface area contributed by atoms with Gasteiger partial charge in [-0.3, -0.25) is 0 Å². The highest BCUT2D eigenvalue weighted by Gasteiger charge is 2.01. The normalized spacial score (nSPS) is 10.6. The number of phenolic OH excluding ortho intramolecular Hbond substituents is 1. The van der Waals surface area contributed by atoms with Gasteiger partial charge in [0.1, 0.15) is 0 Å². The summed E-state index contributed by atoms with van der Waals surface area (Å²) < 4.78 is 13.0. The highest BCUT2D eigenvalue weighted by molar-refractivity contribution is 7.07. The predicted molar refractivity (Wildman–Crippen MR) is 67.8 cm³/mol. The number of halogens is 1. The van der Waals surface area contributed by atoms with Gasteiger partial charge in [-0.1, -0.05) is 6.07 Å². The largest absolute Gasteiger partial charge is 0.505 e. The van der Waals surface area contributed by atoms with Gasteiger partial charge in [-0.05, 0) is 53.1 Å². The number of nitrogens with one attached hydrogen (secondary N) is 1. The molecule has 0 amide bonds. The highest BCUT2D eigenvalue weighted by Crippen LogP contribution is 2.15. The van der Waals surface area contributed by atoms with E-state index in [9.17, 15) is 4.39 Å². The van der Waals surface area contributed by atoms with Crippen molar-refractivity contribution in [1.82, 2.24) is 5.32 Å². The van der Waals surface area contributed by atoms with Crippen LogP contribution in [-0.2, 0) is 13.0 Å². The Morgan fingerprint density at radius 1 is 1.24 bits per heavy atom. The van der Waals surface area contributed by atoms with E-state index in [0.29, 0.717) is 6.54 Å². The lowest BCUT2D eigenvalue weighted by Gasteiger charge is -2.05. The molecule has 0 spiro atoms. The number of hydrogen-bond donors (Lipinski definition) is 2. The molecule has 0 saturated carbocycles. The monoisotopic (exact) mass is 251 g/mol. The SMILES string of the molecule is Oc1ccc(CNCCc2ccsc2)cc1F. The molecule has 4 heteroatoms. The average Bonchev–Trinajstić information content (AvgIpc) is 2.82. The van der Waals surface area contributed by atoms with Gasteiger partial charge in [-0.2, -0.15) is 11.3 Å². The zero-order chi connectivity index (χ0) is 12.1. The molecule has 2 rings (SSSR count). The fraction of sp³-hybridized carbons (Fsp3) is 0.231. The first-order valence-corrected chi connectivity index (χ1v) is 6.39. The maximum atomic E-state index is 13.0. The van der Waals surface area contributed by atoms with Crippen molar-refractivity contribution in [3.8, 4) is 5.75 Å². The van der Waals surface area contributed by atoms with E-state index in [4.69, 9.17) is 5.11 Å². The summed E-state index contributed by atoms with van der Waals surface area (Å²) in [6.07, 6.45) is 0.976. The Morgan fingerprint density at radius 2 is 2.12 bits per heavy atom. The van der Waals surface area contributed by atoms with Crippen molar-refractivity contribution in [1.29, 1.82) is 0 Å². The average molecular weight is 251 g/mol. The minimum atomic E-state index is -0.567. The van der Waals surface area contributed by atoms with E-state index in [-0.39, 0.29) is 5.75 Å². The summed E-state index contributed by atoms with van der Waals surface area (Å²) in [5, 5.41) is 16.5. The first-order chi connectivity index (χ1) is 8.25. The Morgan fingerprint density at radius 3 is 2.82 bits per heavy atom. The first kappa shape index (κ1) is 12.1. The Hall–Kier alpha value is -1.39. The molecule has 0 bridgehead atoms. The van der Waals surface area contributed by atoms with Crippen LogP contribution in [0, 0.1) is 5.82 Å². The van der Waals surface area contributed by atoms with E-state index < -0.39 is 5.82 Å². The van der Waals surface area contributed by atoms with E-state index in [1.165, 1.54) is 17.7 Å². The Labute approximate surface area is 104 Å². The Bertz CT molecular complexity index is 470. The van der Waals surface area contributed by atoms with Crippen LogP contribution in [0.15, 0.2) is 35.0 Å². The van der Waals surface area contributed by atoms with Crippen molar-refractivity contribution in [3.05, 3.63) is 52.0 Å². The molecule has 0 atom stereocenters. The van der Waals surface area contributed by atoms with E-state index in [1.807, 2.05) is 0 Å². The number of hydrogen-bond acceptors (Lipinski definition) is 3. The smallest absolute Gasteiger partial charge is 0.165 e. The Balaban J connectivity index is 1.76. The second kappa shape index (κ2) is 5.80. The van der Waals surface area contributed by atoms with Crippen LogP contribution in [-0.4, -0.2) is 11.7 Å². The molecule has 1 aromatic heterocycles. The fourth-order valence-corrected chi connectivity index (χ4v) is 2.26. The van der Waals surface area contributed by atoms with E-state index in [0.717, 1.165) is 18.5 Å². The zero-order valence-corrected chi connectivity index (χ0v) is 10.1. The zero-order valence-electron chi connectivity index (χ0n) is 9.32. The quantitative estimate of drug-likeness (QED) is 0.801. The van der Waals surface area contributed by atoms with Gasteiger partial charge in [0.15, 0.2) is 11.6 Å². The lowest BCUT2D eigenvalue weighted by Crippen LogP contribution is -2.16. The molecule has 0 aliphatic heterocycles. The van der Waals surface area contributed by atoms with Crippen LogP contribution < -0.4 is 5.32 Å². The van der Waals surface area contributed by atoms with Crippen LogP contribution >= 0.6 is 11.3 Å². The molecule has 17 heavy (non-hydrogen) atoms. The predicted octanol–water partition coefficient (Wildman–Crippen LogP) is 2.93. The van der Waals surface area contributed by atoms with Crippen molar-refractivity contribution in [2.24, 2.45) is 0 Å². The summed E-state index contributed by atoms with van der Waals surface area (Å²) in [4.78, 5) is 0. The molecule has 90 valence electrons. The number of thiophene rings is 1. The Kier molecular flexibility index (Phi) is 4.12. The van der Waals surface area contributed by atoms with E-state index >= 15 is 0 Å². The standard InChI is InChI=1S/C13H14FNOS/c14-12-7-11(1-2-13(12)16)8-15-5-3-10-4-6-17-9-10/h1-2,4,6-7,9,15-16H,3,5,8H2. The maximum absolute atomic E-state index is 13.0. The van der Waals surface area contributed by atoms with Crippen molar-refractivity contribution < 1.29 is 9.50 Å². The minimum Gasteiger partial charge on any atom is -0.505 e. The molecule has 0 aliphatic carbocycles. The van der Waals surface area contributed by atoms with Crippen LogP contribution in [0.1, 0.15) is 11.1 Å². The van der Waals surface area contributed by atoms with Gasteiger partial charge in [-0.15, -0.1) is 0 Å². The molecule has 0 unspecified atom stereocenters.